The fourth-order valence-corrected chi connectivity index (χ4v) is 8.47. The van der Waals surface area contributed by atoms with E-state index in [1.54, 1.807) is 7.11 Å². The molecule has 1 spiro atoms. The third kappa shape index (κ3) is 2.18. The number of methoxy groups -OCH3 is 1. The first-order chi connectivity index (χ1) is 13.7. The minimum atomic E-state index is -1.11. The molecule has 0 amide bonds. The zero-order valence-electron chi connectivity index (χ0n) is 17.6. The molecule has 0 unspecified atom stereocenters. The predicted octanol–water partition coefficient (Wildman–Crippen LogP) is 2.28. The Morgan fingerprint density at radius 3 is 2.72 bits per heavy atom. The van der Waals surface area contributed by atoms with Crippen molar-refractivity contribution in [1.29, 1.82) is 0 Å². The second kappa shape index (κ2) is 6.14. The molecule has 4 aliphatic carbocycles. The largest absolute Gasteiger partial charge is 0.462 e. The number of fused-ring (bicyclic) bond motifs is 1. The van der Waals surface area contributed by atoms with Gasteiger partial charge >= 0.3 is 5.97 Å². The molecule has 5 aliphatic rings. The highest BCUT2D eigenvalue weighted by atomic mass is 16.5. The number of carbonyl (C=O) groups is 2. The summed E-state index contributed by atoms with van der Waals surface area (Å²) in [5.41, 5.74) is -0.933. The summed E-state index contributed by atoms with van der Waals surface area (Å²) in [6, 6.07) is 0. The lowest BCUT2D eigenvalue weighted by atomic mass is 9.38. The minimum absolute atomic E-state index is 0.0100. The molecular weight excluding hydrogens is 372 g/mol. The van der Waals surface area contributed by atoms with E-state index in [-0.39, 0.29) is 34.4 Å². The summed E-state index contributed by atoms with van der Waals surface area (Å²) in [7, 11) is 1.64. The average Bonchev–Trinajstić information content (AvgIpc) is 2.77. The van der Waals surface area contributed by atoms with E-state index in [9.17, 15) is 14.7 Å². The number of rotatable bonds is 2. The maximum Gasteiger partial charge on any atom is 0.302 e. The summed E-state index contributed by atoms with van der Waals surface area (Å²) in [5, 5.41) is 11.5. The zero-order chi connectivity index (χ0) is 20.8. The maximum atomic E-state index is 13.7. The van der Waals surface area contributed by atoms with Crippen molar-refractivity contribution in [1.82, 2.24) is 0 Å². The standard InChI is InChI=1S/C23H32O6/c1-12-14-8-15(29-13(2)24)18-22-7-5-6-21(3,10-28-11-22)16(22)9-17(27-4)23(18,19(12)25)20(14)26/h14-18,20,26H,1,5-11H2,2-4H3/t14-,15-,16+,17-,18-,20+,21-,22-,23+/m0/s1. The topological polar surface area (TPSA) is 82.1 Å². The third-order valence-corrected chi connectivity index (χ3v) is 9.31. The van der Waals surface area contributed by atoms with Crippen LogP contribution in [-0.4, -0.2) is 55.5 Å². The van der Waals surface area contributed by atoms with Crippen molar-refractivity contribution in [2.24, 2.45) is 34.0 Å². The highest BCUT2D eigenvalue weighted by molar-refractivity contribution is 6.04. The molecule has 1 saturated heterocycles. The molecule has 160 valence electrons. The van der Waals surface area contributed by atoms with E-state index >= 15 is 0 Å². The maximum absolute atomic E-state index is 13.7. The first-order valence-corrected chi connectivity index (χ1v) is 10.9. The van der Waals surface area contributed by atoms with Crippen LogP contribution >= 0.6 is 0 Å². The lowest BCUT2D eigenvalue weighted by Gasteiger charge is -2.69. The van der Waals surface area contributed by atoms with Crippen LogP contribution in [-0.2, 0) is 23.8 Å². The number of ether oxygens (including phenoxy) is 3. The fraction of sp³-hybridized carbons (Fsp3) is 0.826. The van der Waals surface area contributed by atoms with Crippen molar-refractivity contribution in [2.45, 2.75) is 64.3 Å². The number of aliphatic hydroxyl groups excluding tert-OH is 1. The van der Waals surface area contributed by atoms with Gasteiger partial charge in [0.25, 0.3) is 0 Å². The fourth-order valence-electron chi connectivity index (χ4n) is 8.47. The van der Waals surface area contributed by atoms with Gasteiger partial charge in [-0.1, -0.05) is 19.9 Å². The highest BCUT2D eigenvalue weighted by Gasteiger charge is 2.78. The van der Waals surface area contributed by atoms with Gasteiger partial charge in [0.2, 0.25) is 0 Å². The van der Waals surface area contributed by atoms with Crippen LogP contribution in [0.1, 0.15) is 46.0 Å². The van der Waals surface area contributed by atoms with Gasteiger partial charge < -0.3 is 19.3 Å². The van der Waals surface area contributed by atoms with Crippen LogP contribution in [0.2, 0.25) is 0 Å². The van der Waals surface area contributed by atoms with E-state index in [1.165, 1.54) is 6.92 Å². The normalized spacial score (nSPS) is 53.2. The molecule has 0 radical (unpaired) electrons. The molecule has 0 aromatic heterocycles. The van der Waals surface area contributed by atoms with Crippen LogP contribution < -0.4 is 0 Å². The number of hydrogen-bond donors (Lipinski definition) is 1. The van der Waals surface area contributed by atoms with Gasteiger partial charge in [-0.25, -0.2) is 0 Å². The van der Waals surface area contributed by atoms with Crippen molar-refractivity contribution < 1.29 is 28.9 Å². The first-order valence-electron chi connectivity index (χ1n) is 10.9. The van der Waals surface area contributed by atoms with Crippen molar-refractivity contribution >= 4 is 11.8 Å². The van der Waals surface area contributed by atoms with Crippen LogP contribution in [0, 0.1) is 34.0 Å². The van der Waals surface area contributed by atoms with E-state index in [0.29, 0.717) is 31.1 Å². The number of aliphatic hydroxyl groups is 1. The summed E-state index contributed by atoms with van der Waals surface area (Å²) in [5.74, 6) is -0.829. The average molecular weight is 405 g/mol. The van der Waals surface area contributed by atoms with Gasteiger partial charge in [0.15, 0.2) is 5.78 Å². The van der Waals surface area contributed by atoms with Gasteiger partial charge in [-0.2, -0.15) is 0 Å². The smallest absolute Gasteiger partial charge is 0.302 e. The molecule has 4 saturated carbocycles. The Morgan fingerprint density at radius 2 is 2.03 bits per heavy atom. The molecule has 0 aromatic carbocycles. The Labute approximate surface area is 172 Å². The van der Waals surface area contributed by atoms with Crippen LogP contribution in [0.15, 0.2) is 12.2 Å². The second-order valence-corrected chi connectivity index (χ2v) is 10.4. The summed E-state index contributed by atoms with van der Waals surface area (Å²) in [4.78, 5) is 25.8. The van der Waals surface area contributed by atoms with Crippen molar-refractivity contribution in [3.8, 4) is 0 Å². The molecule has 5 rings (SSSR count). The minimum Gasteiger partial charge on any atom is -0.462 e. The number of Topliss-reactive ketones (excluding diaryl/α,β-unsaturated/α-hetero) is 1. The molecule has 1 heterocycles. The first kappa shape index (κ1) is 19.7. The Balaban J connectivity index is 1.75. The quantitative estimate of drug-likeness (QED) is 0.562. The number of carbonyl (C=O) groups excluding carboxylic acids is 2. The van der Waals surface area contributed by atoms with Gasteiger partial charge in [-0.3, -0.25) is 9.59 Å². The van der Waals surface area contributed by atoms with E-state index in [2.05, 4.69) is 13.5 Å². The molecular formula is C23H32O6. The summed E-state index contributed by atoms with van der Waals surface area (Å²) in [6.45, 7) is 9.02. The van der Waals surface area contributed by atoms with Crippen LogP contribution in [0.25, 0.3) is 0 Å². The zero-order valence-corrected chi connectivity index (χ0v) is 17.6. The van der Waals surface area contributed by atoms with Gasteiger partial charge in [0, 0.05) is 31.3 Å². The SMILES string of the molecule is C=C1C(=O)[C@@]23[C@@H](OC)C[C@@H]4[C@@]5(C)CCC[C@@]4(COC5)[C@@H]2[C@@H](OC(C)=O)C[C@@H]1[C@H]3O. The predicted molar refractivity (Wildman–Crippen MR) is 104 cm³/mol. The van der Waals surface area contributed by atoms with E-state index in [0.717, 1.165) is 25.7 Å². The van der Waals surface area contributed by atoms with Gasteiger partial charge in [0.05, 0.1) is 30.8 Å². The summed E-state index contributed by atoms with van der Waals surface area (Å²) < 4.78 is 18.0. The second-order valence-electron chi connectivity index (χ2n) is 10.4. The molecule has 4 bridgehead atoms. The van der Waals surface area contributed by atoms with E-state index in [4.69, 9.17) is 14.2 Å². The van der Waals surface area contributed by atoms with Gasteiger partial charge in [-0.15, -0.1) is 0 Å². The van der Waals surface area contributed by atoms with Gasteiger partial charge in [0.1, 0.15) is 6.10 Å². The molecule has 6 heteroatoms. The van der Waals surface area contributed by atoms with Crippen LogP contribution in [0.3, 0.4) is 0 Å². The van der Waals surface area contributed by atoms with Crippen molar-refractivity contribution in [3.63, 3.8) is 0 Å². The molecule has 29 heavy (non-hydrogen) atoms. The molecule has 0 aromatic rings. The molecule has 6 nitrogen and oxygen atoms in total. The van der Waals surface area contributed by atoms with Gasteiger partial charge in [-0.05, 0) is 42.6 Å². The van der Waals surface area contributed by atoms with Crippen LogP contribution in [0.4, 0.5) is 0 Å². The molecule has 5 fully saturated rings. The summed E-state index contributed by atoms with van der Waals surface area (Å²) in [6.07, 6.45) is 2.53. The van der Waals surface area contributed by atoms with Crippen molar-refractivity contribution in [3.05, 3.63) is 12.2 Å². The molecule has 1 aliphatic heterocycles. The molecule has 1 N–H and O–H groups in total. The van der Waals surface area contributed by atoms with Crippen LogP contribution in [0.5, 0.6) is 0 Å². The lowest BCUT2D eigenvalue weighted by molar-refractivity contribution is -0.298. The van der Waals surface area contributed by atoms with E-state index in [1.807, 2.05) is 0 Å². The monoisotopic (exact) mass is 404 g/mol. The van der Waals surface area contributed by atoms with E-state index < -0.39 is 23.7 Å². The number of hydrogen-bond acceptors (Lipinski definition) is 6. The third-order valence-electron chi connectivity index (χ3n) is 9.31. The summed E-state index contributed by atoms with van der Waals surface area (Å²) >= 11 is 0. The Kier molecular flexibility index (Phi) is 4.18. The lowest BCUT2D eigenvalue weighted by Crippen LogP contribution is -2.74. The Bertz CT molecular complexity index is 763. The number of ketones is 1. The van der Waals surface area contributed by atoms with Crippen molar-refractivity contribution in [2.75, 3.05) is 20.3 Å². The Hall–Kier alpha value is -1.24. The highest BCUT2D eigenvalue weighted by Crippen LogP contribution is 2.73. The number of esters is 1. The Morgan fingerprint density at radius 1 is 1.28 bits per heavy atom. The molecule has 9 atom stereocenters.